The summed E-state index contributed by atoms with van der Waals surface area (Å²) in [6.45, 7) is 7.26. The molecule has 1 saturated heterocycles. The number of aromatic amines is 1. The number of H-pyrrole nitrogens is 1. The van der Waals surface area contributed by atoms with E-state index >= 15 is 0 Å². The summed E-state index contributed by atoms with van der Waals surface area (Å²) in [7, 11) is 2.08. The Kier molecular flexibility index (Phi) is 5.20. The van der Waals surface area contributed by atoms with Gasteiger partial charge in [-0.2, -0.15) is 0 Å². The summed E-state index contributed by atoms with van der Waals surface area (Å²) in [5, 5.41) is 3.54. The van der Waals surface area contributed by atoms with Crippen molar-refractivity contribution in [3.8, 4) is 0 Å². The quantitative estimate of drug-likeness (QED) is 0.806. The van der Waals surface area contributed by atoms with Crippen molar-refractivity contribution >= 4 is 23.6 Å². The summed E-state index contributed by atoms with van der Waals surface area (Å²) in [4.78, 5) is 23.9. The van der Waals surface area contributed by atoms with Crippen molar-refractivity contribution in [3.63, 3.8) is 0 Å². The van der Waals surface area contributed by atoms with Gasteiger partial charge in [0.1, 0.15) is 12.1 Å². The molecule has 26 heavy (non-hydrogen) atoms. The Labute approximate surface area is 155 Å². The highest BCUT2D eigenvalue weighted by Gasteiger charge is 2.32. The van der Waals surface area contributed by atoms with Gasteiger partial charge in [-0.3, -0.25) is 0 Å². The summed E-state index contributed by atoms with van der Waals surface area (Å²) >= 11 is 0. The highest BCUT2D eigenvalue weighted by Crippen LogP contribution is 2.31. The molecule has 6 nitrogen and oxygen atoms in total. The molecule has 6 heteroatoms. The van der Waals surface area contributed by atoms with Crippen molar-refractivity contribution in [2.75, 3.05) is 28.7 Å². The molecule has 0 amide bonds. The van der Waals surface area contributed by atoms with Crippen molar-refractivity contribution in [1.29, 1.82) is 0 Å². The molecule has 140 valence electrons. The maximum Gasteiger partial charge on any atom is 0.151 e. The Balaban J connectivity index is 1.77. The number of rotatable bonds is 5. The van der Waals surface area contributed by atoms with E-state index in [-0.39, 0.29) is 17.6 Å². The number of piperidine rings is 1. The van der Waals surface area contributed by atoms with E-state index in [1.807, 2.05) is 30.6 Å². The average Bonchev–Trinajstić information content (AvgIpc) is 3.14. The molecule has 0 radical (unpaired) electrons. The smallest absolute Gasteiger partial charge is 0.151 e. The summed E-state index contributed by atoms with van der Waals surface area (Å²) in [5.41, 5.74) is 0.984. The zero-order valence-electron chi connectivity index (χ0n) is 16.1. The van der Waals surface area contributed by atoms with Crippen LogP contribution < -0.4 is 15.1 Å². The molecule has 0 spiro atoms. The lowest BCUT2D eigenvalue weighted by Gasteiger charge is -2.41. The highest BCUT2D eigenvalue weighted by molar-refractivity contribution is 5.68. The van der Waals surface area contributed by atoms with Gasteiger partial charge in [0, 0.05) is 37.6 Å². The lowest BCUT2D eigenvalue weighted by Crippen LogP contribution is -2.50. The number of anilines is 3. The summed E-state index contributed by atoms with van der Waals surface area (Å²) in [6, 6.07) is 8.14. The second-order valence-electron chi connectivity index (χ2n) is 7.99. The number of aldehydes is 1. The number of hydrogen-bond donors (Lipinski definition) is 2. The molecule has 0 saturated carbocycles. The molecule has 3 heterocycles. The third-order valence-corrected chi connectivity index (χ3v) is 4.84. The van der Waals surface area contributed by atoms with Crippen LogP contribution in [0.25, 0.3) is 0 Å². The van der Waals surface area contributed by atoms with Gasteiger partial charge in [0.2, 0.25) is 0 Å². The van der Waals surface area contributed by atoms with Crippen LogP contribution in [0, 0.1) is 0 Å². The van der Waals surface area contributed by atoms with Crippen molar-refractivity contribution in [2.45, 2.75) is 51.2 Å². The van der Waals surface area contributed by atoms with E-state index in [1.54, 1.807) is 0 Å². The van der Waals surface area contributed by atoms with Gasteiger partial charge in [-0.25, -0.2) is 4.98 Å². The normalized spacial score (nSPS) is 20.7. The number of nitrogens with one attached hydrogen (secondary N) is 2. The molecule has 2 N–H and O–H groups in total. The largest absolute Gasteiger partial charge is 0.377 e. The van der Waals surface area contributed by atoms with Gasteiger partial charge in [-0.15, -0.1) is 0 Å². The average molecular weight is 355 g/mol. The lowest BCUT2D eigenvalue weighted by atomic mass is 9.96. The maximum absolute atomic E-state index is 11.7. The van der Waals surface area contributed by atoms with E-state index in [0.29, 0.717) is 0 Å². The van der Waals surface area contributed by atoms with E-state index in [0.717, 1.165) is 43.0 Å². The predicted octanol–water partition coefficient (Wildman–Crippen LogP) is 3.29. The first-order chi connectivity index (χ1) is 12.4. The lowest BCUT2D eigenvalue weighted by molar-refractivity contribution is -0.109. The Morgan fingerprint density at radius 3 is 2.81 bits per heavy atom. The highest BCUT2D eigenvalue weighted by atomic mass is 16.1. The topological polar surface area (TPSA) is 64.3 Å². The predicted molar refractivity (Wildman–Crippen MR) is 107 cm³/mol. The zero-order valence-corrected chi connectivity index (χ0v) is 16.1. The van der Waals surface area contributed by atoms with Crippen LogP contribution in [-0.4, -0.2) is 47.5 Å². The Bertz CT molecular complexity index is 722. The van der Waals surface area contributed by atoms with Crippen LogP contribution in [0.15, 0.2) is 36.7 Å². The van der Waals surface area contributed by atoms with Gasteiger partial charge in [0.15, 0.2) is 5.82 Å². The number of pyridine rings is 1. The van der Waals surface area contributed by atoms with Gasteiger partial charge in [-0.05, 0) is 57.9 Å². The molecule has 1 fully saturated rings. The molecular formula is C20H29N5O. The Morgan fingerprint density at radius 1 is 1.35 bits per heavy atom. The molecule has 3 rings (SSSR count). The molecule has 2 aromatic rings. The second kappa shape index (κ2) is 7.40. The van der Waals surface area contributed by atoms with E-state index in [9.17, 15) is 4.79 Å². The minimum absolute atomic E-state index is 0.0407. The Hall–Kier alpha value is -2.50. The first kappa shape index (κ1) is 18.3. The van der Waals surface area contributed by atoms with Crippen molar-refractivity contribution < 1.29 is 4.79 Å². The van der Waals surface area contributed by atoms with Crippen LogP contribution >= 0.6 is 0 Å². The fourth-order valence-electron chi connectivity index (χ4n) is 3.61. The summed E-state index contributed by atoms with van der Waals surface area (Å²) < 4.78 is 0. The SMILES string of the molecule is CN(c1ncccc1NC(C)(C)C)C1CCN(c2ccc[nH]2)C(C=O)C1. The van der Waals surface area contributed by atoms with E-state index in [4.69, 9.17) is 0 Å². The van der Waals surface area contributed by atoms with Crippen molar-refractivity contribution in [2.24, 2.45) is 0 Å². The number of hydrogen-bond acceptors (Lipinski definition) is 5. The molecule has 1 aliphatic rings. The molecule has 2 aromatic heterocycles. The molecule has 1 aliphatic heterocycles. The van der Waals surface area contributed by atoms with Crippen LogP contribution in [0.3, 0.4) is 0 Å². The Morgan fingerprint density at radius 2 is 2.15 bits per heavy atom. The fourth-order valence-corrected chi connectivity index (χ4v) is 3.61. The first-order valence-electron chi connectivity index (χ1n) is 9.20. The molecule has 0 bridgehead atoms. The second-order valence-corrected chi connectivity index (χ2v) is 7.99. The number of nitrogens with zero attached hydrogens (tertiary/aromatic N) is 3. The third-order valence-electron chi connectivity index (χ3n) is 4.84. The minimum atomic E-state index is -0.127. The van der Waals surface area contributed by atoms with Crippen LogP contribution in [-0.2, 0) is 4.79 Å². The van der Waals surface area contributed by atoms with Gasteiger partial charge in [-0.1, -0.05) is 0 Å². The van der Waals surface area contributed by atoms with E-state index < -0.39 is 0 Å². The van der Waals surface area contributed by atoms with Crippen LogP contribution in [0.5, 0.6) is 0 Å². The van der Waals surface area contributed by atoms with Crippen LogP contribution in [0.4, 0.5) is 17.3 Å². The van der Waals surface area contributed by atoms with Crippen LogP contribution in [0.2, 0.25) is 0 Å². The maximum atomic E-state index is 11.7. The van der Waals surface area contributed by atoms with Crippen LogP contribution in [0.1, 0.15) is 33.6 Å². The molecule has 2 unspecified atom stereocenters. The van der Waals surface area contributed by atoms with Gasteiger partial charge in [0.05, 0.1) is 11.7 Å². The van der Waals surface area contributed by atoms with Gasteiger partial charge in [0.25, 0.3) is 0 Å². The van der Waals surface area contributed by atoms with E-state index in [2.05, 4.69) is 59.0 Å². The minimum Gasteiger partial charge on any atom is -0.377 e. The zero-order chi connectivity index (χ0) is 18.7. The first-order valence-corrected chi connectivity index (χ1v) is 9.20. The fraction of sp³-hybridized carbons (Fsp3) is 0.500. The van der Waals surface area contributed by atoms with Gasteiger partial charge >= 0.3 is 0 Å². The van der Waals surface area contributed by atoms with Crippen molar-refractivity contribution in [1.82, 2.24) is 9.97 Å². The number of carbonyl (C=O) groups is 1. The number of carbonyl (C=O) groups excluding carboxylic acids is 1. The molecule has 0 aliphatic carbocycles. The van der Waals surface area contributed by atoms with E-state index in [1.165, 1.54) is 0 Å². The summed E-state index contributed by atoms with van der Waals surface area (Å²) in [6.07, 6.45) is 6.54. The number of aromatic nitrogens is 2. The van der Waals surface area contributed by atoms with Gasteiger partial charge < -0.3 is 24.9 Å². The monoisotopic (exact) mass is 355 g/mol. The molecular weight excluding hydrogens is 326 g/mol. The summed E-state index contributed by atoms with van der Waals surface area (Å²) in [5.74, 6) is 1.95. The standard InChI is InChI=1S/C20H29N5O/c1-20(2,3)23-17-7-5-11-22-19(17)24(4)15-9-12-25(16(13-15)14-26)18-8-6-10-21-18/h5-8,10-11,14-16,21,23H,9,12-13H2,1-4H3. The van der Waals surface area contributed by atoms with Crippen molar-refractivity contribution in [3.05, 3.63) is 36.7 Å². The molecule has 0 aromatic carbocycles. The third kappa shape index (κ3) is 4.00. The molecule has 2 atom stereocenters.